The minimum absolute atomic E-state index is 0.340. The molecule has 7 heteroatoms. The van der Waals surface area contributed by atoms with Gasteiger partial charge in [0.05, 0.1) is 16.4 Å². The largest absolute Gasteiger partial charge is 0.457 e. The number of halogens is 1. The van der Waals surface area contributed by atoms with Crippen molar-refractivity contribution in [2.45, 2.75) is 6.92 Å². The molecule has 0 aliphatic heterocycles. The monoisotopic (exact) mass is 412 g/mol. The van der Waals surface area contributed by atoms with Crippen LogP contribution < -0.4 is 10.2 Å². The summed E-state index contributed by atoms with van der Waals surface area (Å²) in [5.41, 5.74) is 4.48. The molecular formula is C19H17BrN4O2. The van der Waals surface area contributed by atoms with Crippen LogP contribution in [0.15, 0.2) is 64.2 Å². The van der Waals surface area contributed by atoms with Crippen LogP contribution in [0.25, 0.3) is 0 Å². The Morgan fingerprint density at radius 1 is 1.19 bits per heavy atom. The number of hydrogen-bond acceptors (Lipinski definition) is 4. The number of amides is 1. The minimum Gasteiger partial charge on any atom is -0.457 e. The van der Waals surface area contributed by atoms with Crippen molar-refractivity contribution in [3.8, 4) is 11.5 Å². The fraction of sp³-hybridized carbons (Fsp3) is 0.105. The Morgan fingerprint density at radius 3 is 2.62 bits per heavy atom. The van der Waals surface area contributed by atoms with Gasteiger partial charge in [-0.3, -0.25) is 9.48 Å². The Kier molecular flexibility index (Phi) is 5.48. The van der Waals surface area contributed by atoms with Crippen molar-refractivity contribution in [2.24, 2.45) is 12.1 Å². The first-order valence-electron chi connectivity index (χ1n) is 7.90. The van der Waals surface area contributed by atoms with E-state index in [-0.39, 0.29) is 5.91 Å². The smallest absolute Gasteiger partial charge is 0.290 e. The van der Waals surface area contributed by atoms with E-state index in [1.165, 1.54) is 4.68 Å². The number of nitrogens with one attached hydrogen (secondary N) is 1. The summed E-state index contributed by atoms with van der Waals surface area (Å²) in [6.07, 6.45) is 1.56. The number of hydrogen-bond donors (Lipinski definition) is 1. The number of carbonyl (C=O) groups excluding carboxylic acids is 1. The zero-order valence-electron chi connectivity index (χ0n) is 14.3. The number of ether oxygens (including phenoxy) is 1. The van der Waals surface area contributed by atoms with Crippen LogP contribution in [-0.2, 0) is 7.05 Å². The molecule has 0 unspecified atom stereocenters. The number of carbonyl (C=O) groups is 1. The lowest BCUT2D eigenvalue weighted by molar-refractivity contribution is 0.0945. The number of hydrazone groups is 1. The maximum Gasteiger partial charge on any atom is 0.290 e. The van der Waals surface area contributed by atoms with Crippen molar-refractivity contribution < 1.29 is 9.53 Å². The van der Waals surface area contributed by atoms with E-state index in [4.69, 9.17) is 4.74 Å². The van der Waals surface area contributed by atoms with E-state index < -0.39 is 0 Å². The standard InChI is InChI=1S/C19H17BrN4O2/c1-13-17(20)18(24(2)23-13)19(25)22-21-12-14-7-6-10-16(11-14)26-15-8-4-3-5-9-15/h3-12H,1-2H3,(H,22,25)/b21-12+. The van der Waals surface area contributed by atoms with Gasteiger partial charge in [0.25, 0.3) is 5.91 Å². The molecule has 6 nitrogen and oxygen atoms in total. The SMILES string of the molecule is Cc1nn(C)c(C(=O)N/N=C/c2cccc(Oc3ccccc3)c2)c1Br. The Balaban J connectivity index is 1.67. The zero-order chi connectivity index (χ0) is 18.5. The van der Waals surface area contributed by atoms with Gasteiger partial charge in [0.1, 0.15) is 17.2 Å². The molecule has 1 N–H and O–H groups in total. The predicted octanol–water partition coefficient (Wildman–Crippen LogP) is 4.05. The van der Waals surface area contributed by atoms with E-state index in [0.717, 1.165) is 17.0 Å². The Hall–Kier alpha value is -2.93. The highest BCUT2D eigenvalue weighted by Crippen LogP contribution is 2.21. The number of benzene rings is 2. The van der Waals surface area contributed by atoms with E-state index in [9.17, 15) is 4.79 Å². The average Bonchev–Trinajstić information content (AvgIpc) is 2.88. The van der Waals surface area contributed by atoms with E-state index >= 15 is 0 Å². The molecule has 1 amide bonds. The summed E-state index contributed by atoms with van der Waals surface area (Å²) >= 11 is 3.37. The normalized spacial score (nSPS) is 10.9. The average molecular weight is 413 g/mol. The van der Waals surface area contributed by atoms with Gasteiger partial charge in [-0.15, -0.1) is 0 Å². The van der Waals surface area contributed by atoms with Gasteiger partial charge in [0, 0.05) is 7.05 Å². The second kappa shape index (κ2) is 7.97. The van der Waals surface area contributed by atoms with Gasteiger partial charge >= 0.3 is 0 Å². The molecule has 0 saturated heterocycles. The molecule has 3 aromatic rings. The third-order valence-electron chi connectivity index (χ3n) is 3.58. The van der Waals surface area contributed by atoms with Crippen LogP contribution in [0.4, 0.5) is 0 Å². The van der Waals surface area contributed by atoms with Gasteiger partial charge in [-0.1, -0.05) is 30.3 Å². The summed E-state index contributed by atoms with van der Waals surface area (Å²) in [7, 11) is 1.71. The van der Waals surface area contributed by atoms with Crippen molar-refractivity contribution in [3.63, 3.8) is 0 Å². The van der Waals surface area contributed by atoms with Crippen LogP contribution >= 0.6 is 15.9 Å². The van der Waals surface area contributed by atoms with Crippen molar-refractivity contribution in [3.05, 3.63) is 76.0 Å². The van der Waals surface area contributed by atoms with Gasteiger partial charge in [-0.25, -0.2) is 5.43 Å². The molecule has 132 valence electrons. The summed E-state index contributed by atoms with van der Waals surface area (Å²) in [4.78, 5) is 12.3. The van der Waals surface area contributed by atoms with Crippen LogP contribution in [0, 0.1) is 6.92 Å². The first kappa shape index (κ1) is 17.9. The second-order valence-electron chi connectivity index (χ2n) is 5.56. The lowest BCUT2D eigenvalue weighted by atomic mass is 10.2. The van der Waals surface area contributed by atoms with Crippen molar-refractivity contribution >= 4 is 28.1 Å². The van der Waals surface area contributed by atoms with E-state index in [2.05, 4.69) is 31.6 Å². The Bertz CT molecular complexity index is 951. The van der Waals surface area contributed by atoms with Crippen LogP contribution in [0.5, 0.6) is 11.5 Å². The Morgan fingerprint density at radius 2 is 1.92 bits per heavy atom. The molecule has 0 saturated carbocycles. The minimum atomic E-state index is -0.340. The highest BCUT2D eigenvalue weighted by molar-refractivity contribution is 9.10. The summed E-state index contributed by atoms with van der Waals surface area (Å²) in [5.74, 6) is 1.11. The maximum absolute atomic E-state index is 12.3. The van der Waals surface area contributed by atoms with E-state index in [0.29, 0.717) is 15.9 Å². The van der Waals surface area contributed by atoms with E-state index in [1.54, 1.807) is 13.3 Å². The molecule has 1 aromatic heterocycles. The predicted molar refractivity (Wildman–Crippen MR) is 104 cm³/mol. The first-order chi connectivity index (χ1) is 12.5. The molecule has 0 radical (unpaired) electrons. The molecule has 0 aliphatic carbocycles. The highest BCUT2D eigenvalue weighted by atomic mass is 79.9. The molecule has 0 spiro atoms. The third-order valence-corrected chi connectivity index (χ3v) is 4.53. The quantitative estimate of drug-likeness (QED) is 0.507. The number of aromatic nitrogens is 2. The van der Waals surface area contributed by atoms with Crippen LogP contribution in [0.1, 0.15) is 21.7 Å². The fourth-order valence-electron chi connectivity index (χ4n) is 2.38. The molecule has 2 aromatic carbocycles. The highest BCUT2D eigenvalue weighted by Gasteiger charge is 2.17. The second-order valence-corrected chi connectivity index (χ2v) is 6.35. The summed E-state index contributed by atoms with van der Waals surface area (Å²) in [6.45, 7) is 1.82. The molecule has 3 rings (SSSR count). The number of para-hydroxylation sites is 1. The number of aryl methyl sites for hydroxylation is 2. The van der Waals surface area contributed by atoms with Crippen molar-refractivity contribution in [1.82, 2.24) is 15.2 Å². The summed E-state index contributed by atoms with van der Waals surface area (Å²) < 4.78 is 7.95. The first-order valence-corrected chi connectivity index (χ1v) is 8.69. The summed E-state index contributed by atoms with van der Waals surface area (Å²) in [6, 6.07) is 17.0. The number of nitrogens with zero attached hydrogens (tertiary/aromatic N) is 3. The maximum atomic E-state index is 12.3. The lowest BCUT2D eigenvalue weighted by Crippen LogP contribution is -2.21. The number of rotatable bonds is 5. The van der Waals surface area contributed by atoms with Gasteiger partial charge < -0.3 is 4.74 Å². The summed E-state index contributed by atoms with van der Waals surface area (Å²) in [5, 5.41) is 8.21. The molecule has 0 atom stereocenters. The van der Waals surface area contributed by atoms with Crippen molar-refractivity contribution in [1.29, 1.82) is 0 Å². The van der Waals surface area contributed by atoms with Gasteiger partial charge in [0.15, 0.2) is 0 Å². The Labute approximate surface area is 159 Å². The molecule has 0 aliphatic rings. The zero-order valence-corrected chi connectivity index (χ0v) is 15.9. The van der Waals surface area contributed by atoms with Crippen LogP contribution in [0.3, 0.4) is 0 Å². The third kappa shape index (κ3) is 4.18. The van der Waals surface area contributed by atoms with E-state index in [1.807, 2.05) is 61.5 Å². The molecule has 1 heterocycles. The molecule has 0 bridgehead atoms. The van der Waals surface area contributed by atoms with Crippen LogP contribution in [-0.4, -0.2) is 21.9 Å². The molecule has 26 heavy (non-hydrogen) atoms. The van der Waals surface area contributed by atoms with Gasteiger partial charge in [-0.2, -0.15) is 10.2 Å². The topological polar surface area (TPSA) is 68.5 Å². The van der Waals surface area contributed by atoms with Gasteiger partial charge in [-0.05, 0) is 52.7 Å². The molecular weight excluding hydrogens is 396 g/mol. The lowest BCUT2D eigenvalue weighted by Gasteiger charge is -2.05. The fourth-order valence-corrected chi connectivity index (χ4v) is 2.90. The van der Waals surface area contributed by atoms with Gasteiger partial charge in [0.2, 0.25) is 0 Å². The molecule has 0 fully saturated rings. The van der Waals surface area contributed by atoms with Crippen LogP contribution in [0.2, 0.25) is 0 Å². The van der Waals surface area contributed by atoms with Crippen molar-refractivity contribution in [2.75, 3.05) is 0 Å².